The van der Waals surface area contributed by atoms with Crippen LogP contribution in [0.4, 0.5) is 23.8 Å². The molecule has 0 unspecified atom stereocenters. The van der Waals surface area contributed by atoms with Crippen molar-refractivity contribution in [3.8, 4) is 0 Å². The Morgan fingerprint density at radius 2 is 1.94 bits per heavy atom. The summed E-state index contributed by atoms with van der Waals surface area (Å²) < 4.78 is 41.7. The molecule has 0 spiro atoms. The number of hydrogen-bond donors (Lipinski definition) is 2. The molecule has 1 aromatic heterocycles. The van der Waals surface area contributed by atoms with Crippen molar-refractivity contribution >= 4 is 29.7 Å². The first-order chi connectivity index (χ1) is 15.5. The molecular formula is C21H25F3N4O5. The molecule has 2 heterocycles. The zero-order valence-electron chi connectivity index (χ0n) is 17.9. The number of nitrogens with zero attached hydrogens (tertiary/aromatic N) is 2. The van der Waals surface area contributed by atoms with Gasteiger partial charge in [0.25, 0.3) is 0 Å². The highest BCUT2D eigenvalue weighted by Gasteiger charge is 2.57. The molecular weight excluding hydrogens is 445 g/mol. The van der Waals surface area contributed by atoms with Crippen LogP contribution in [0.3, 0.4) is 0 Å². The van der Waals surface area contributed by atoms with Crippen LogP contribution in [0.2, 0.25) is 0 Å². The fraction of sp³-hybridized carbons (Fsp3) is 0.571. The number of nitrogens with two attached hydrogens (primary N) is 1. The van der Waals surface area contributed by atoms with E-state index in [2.05, 4.69) is 15.0 Å². The number of alkyl halides is 3. The zero-order chi connectivity index (χ0) is 24.3. The lowest BCUT2D eigenvalue weighted by Gasteiger charge is -2.44. The number of ether oxygens (including phenoxy) is 1. The number of β-lactam (4-membered cyclic amide) rings is 1. The Bertz CT molecular complexity index is 933. The van der Waals surface area contributed by atoms with Crippen LogP contribution in [0.15, 0.2) is 18.3 Å². The molecule has 3 N–H and O–H groups in total. The van der Waals surface area contributed by atoms with Crippen molar-refractivity contribution in [2.45, 2.75) is 63.7 Å². The summed E-state index contributed by atoms with van der Waals surface area (Å²) in [4.78, 5) is 53.5. The number of urea groups is 1. The number of likely N-dealkylation sites (tertiary alicyclic amines) is 1. The number of pyridine rings is 1. The summed E-state index contributed by atoms with van der Waals surface area (Å²) in [5.74, 6) is -5.97. The van der Waals surface area contributed by atoms with Gasteiger partial charge in [-0.1, -0.05) is 19.3 Å². The minimum absolute atomic E-state index is 0.104. The van der Waals surface area contributed by atoms with E-state index >= 15 is 0 Å². The third-order valence-electron chi connectivity index (χ3n) is 6.11. The molecule has 1 saturated carbocycles. The van der Waals surface area contributed by atoms with Crippen molar-refractivity contribution in [1.29, 1.82) is 0 Å². The second kappa shape index (κ2) is 9.75. The molecule has 1 aliphatic heterocycles. The van der Waals surface area contributed by atoms with Gasteiger partial charge in [0, 0.05) is 12.2 Å². The van der Waals surface area contributed by atoms with Gasteiger partial charge in [-0.15, -0.1) is 0 Å². The minimum atomic E-state index is -5.40. The molecule has 1 saturated heterocycles. The topological polar surface area (TPSA) is 132 Å². The quantitative estimate of drug-likeness (QED) is 0.384. The van der Waals surface area contributed by atoms with E-state index in [0.29, 0.717) is 10.5 Å². The molecule has 2 fully saturated rings. The van der Waals surface area contributed by atoms with Gasteiger partial charge in [0.15, 0.2) is 6.04 Å². The minimum Gasteiger partial charge on any atom is -0.385 e. The third kappa shape index (κ3) is 5.60. The Morgan fingerprint density at radius 1 is 1.27 bits per heavy atom. The first-order valence-corrected chi connectivity index (χ1v) is 10.7. The van der Waals surface area contributed by atoms with Crippen molar-refractivity contribution in [3.63, 3.8) is 0 Å². The molecule has 33 heavy (non-hydrogen) atoms. The van der Waals surface area contributed by atoms with E-state index in [9.17, 15) is 32.3 Å². The smallest absolute Gasteiger partial charge is 0.385 e. The van der Waals surface area contributed by atoms with E-state index in [1.807, 2.05) is 0 Å². The summed E-state index contributed by atoms with van der Waals surface area (Å²) >= 11 is 0. The summed E-state index contributed by atoms with van der Waals surface area (Å²) in [5, 5.41) is 2.67. The van der Waals surface area contributed by atoms with E-state index in [0.717, 1.165) is 32.1 Å². The average molecular weight is 470 g/mol. The lowest BCUT2D eigenvalue weighted by Crippen LogP contribution is -2.69. The average Bonchev–Trinajstić information content (AvgIpc) is 2.75. The molecule has 1 aromatic rings. The van der Waals surface area contributed by atoms with Crippen LogP contribution in [0.5, 0.6) is 0 Å². The maximum Gasteiger partial charge on any atom is 0.491 e. The number of nitrogens with one attached hydrogen (secondary N) is 1. The molecule has 0 aromatic carbocycles. The highest BCUT2D eigenvalue weighted by atomic mass is 19.4. The first-order valence-electron chi connectivity index (χ1n) is 10.7. The second-order valence-electron chi connectivity index (χ2n) is 8.40. The van der Waals surface area contributed by atoms with Gasteiger partial charge >= 0.3 is 24.1 Å². The SMILES string of the molecule is C[C@@H](NC(=O)N1C(=O)[C@H](Cc2ccnc(N)c2)[C@H]1C(=O)OC(=O)C(F)(F)F)C1CCCCC1. The van der Waals surface area contributed by atoms with Crippen molar-refractivity contribution < 1.29 is 37.1 Å². The molecule has 3 atom stereocenters. The second-order valence-corrected chi connectivity index (χ2v) is 8.40. The van der Waals surface area contributed by atoms with E-state index in [1.54, 1.807) is 6.92 Å². The standard InChI is InChI=1S/C21H25F3N4O5/c1-11(13-5-3-2-4-6-13)27-20(32)28-16(18(30)33-19(31)21(22,23)24)14(17(28)29)9-12-7-8-26-15(25)10-12/h7-8,10-11,13-14,16H,2-6,9H2,1H3,(H2,25,26)(H,27,32)/t11-,14-,16+/m1/s1. The predicted octanol–water partition coefficient (Wildman–Crippen LogP) is 2.34. The lowest BCUT2D eigenvalue weighted by molar-refractivity contribution is -0.205. The Balaban J connectivity index is 1.77. The van der Waals surface area contributed by atoms with Crippen LogP contribution >= 0.6 is 0 Å². The molecule has 3 rings (SSSR count). The van der Waals surface area contributed by atoms with E-state index in [4.69, 9.17) is 5.73 Å². The molecule has 3 amide bonds. The van der Waals surface area contributed by atoms with E-state index in [1.165, 1.54) is 18.3 Å². The highest BCUT2D eigenvalue weighted by molar-refractivity contribution is 6.09. The maximum absolute atomic E-state index is 12.8. The molecule has 0 radical (unpaired) electrons. The molecule has 12 heteroatoms. The lowest BCUT2D eigenvalue weighted by atomic mass is 9.82. The number of halogens is 3. The number of hydrogen-bond acceptors (Lipinski definition) is 7. The van der Waals surface area contributed by atoms with Crippen molar-refractivity contribution in [3.05, 3.63) is 23.9 Å². The van der Waals surface area contributed by atoms with Crippen molar-refractivity contribution in [2.75, 3.05) is 5.73 Å². The molecule has 9 nitrogen and oxygen atoms in total. The Labute approximate surface area is 187 Å². The fourth-order valence-electron chi connectivity index (χ4n) is 4.34. The third-order valence-corrected chi connectivity index (χ3v) is 6.11. The number of esters is 2. The van der Waals surface area contributed by atoms with Crippen LogP contribution in [0.25, 0.3) is 0 Å². The highest BCUT2D eigenvalue weighted by Crippen LogP contribution is 2.33. The van der Waals surface area contributed by atoms with Crippen molar-refractivity contribution in [1.82, 2.24) is 15.2 Å². The molecule has 1 aliphatic carbocycles. The van der Waals surface area contributed by atoms with Gasteiger partial charge in [-0.25, -0.2) is 24.3 Å². The number of imide groups is 1. The van der Waals surface area contributed by atoms with Gasteiger partial charge in [-0.3, -0.25) is 4.79 Å². The van der Waals surface area contributed by atoms with Gasteiger partial charge < -0.3 is 15.8 Å². The normalized spacial score (nSPS) is 22.3. The Hall–Kier alpha value is -3.18. The van der Waals surface area contributed by atoms with Crippen LogP contribution in [0, 0.1) is 11.8 Å². The molecule has 0 bridgehead atoms. The van der Waals surface area contributed by atoms with E-state index < -0.39 is 42.0 Å². The fourth-order valence-corrected chi connectivity index (χ4v) is 4.34. The summed E-state index contributed by atoms with van der Waals surface area (Å²) in [5.41, 5.74) is 6.09. The van der Waals surface area contributed by atoms with Crippen LogP contribution in [-0.4, -0.2) is 52.0 Å². The van der Waals surface area contributed by atoms with Gasteiger partial charge in [0.1, 0.15) is 5.82 Å². The summed E-state index contributed by atoms with van der Waals surface area (Å²) in [6.07, 6.45) is 0.779. The first kappa shape index (κ1) is 24.5. The van der Waals surface area contributed by atoms with E-state index in [-0.39, 0.29) is 24.2 Å². The summed E-state index contributed by atoms with van der Waals surface area (Å²) in [6, 6.07) is 0.0467. The summed E-state index contributed by atoms with van der Waals surface area (Å²) in [6.45, 7) is 1.77. The monoisotopic (exact) mass is 470 g/mol. The largest absolute Gasteiger partial charge is 0.491 e. The zero-order valence-corrected chi connectivity index (χ0v) is 17.9. The number of carbonyl (C=O) groups excluding carboxylic acids is 4. The van der Waals surface area contributed by atoms with Gasteiger partial charge in [-0.2, -0.15) is 13.2 Å². The number of carbonyl (C=O) groups is 4. The number of rotatable bonds is 5. The number of amides is 3. The number of nitrogen functional groups attached to an aromatic ring is 1. The van der Waals surface area contributed by atoms with Crippen LogP contribution in [0.1, 0.15) is 44.6 Å². The number of anilines is 1. The predicted molar refractivity (Wildman–Crippen MR) is 108 cm³/mol. The Kier molecular flexibility index (Phi) is 7.23. The molecule has 180 valence electrons. The Morgan fingerprint density at radius 3 is 2.55 bits per heavy atom. The maximum atomic E-state index is 12.8. The van der Waals surface area contributed by atoms with Gasteiger partial charge in [-0.05, 0) is 49.8 Å². The molecule has 2 aliphatic rings. The number of aromatic nitrogens is 1. The van der Waals surface area contributed by atoms with Crippen LogP contribution < -0.4 is 11.1 Å². The van der Waals surface area contributed by atoms with Crippen LogP contribution in [-0.2, 0) is 25.5 Å². The summed E-state index contributed by atoms with van der Waals surface area (Å²) in [7, 11) is 0. The van der Waals surface area contributed by atoms with Crippen molar-refractivity contribution in [2.24, 2.45) is 11.8 Å². The van der Waals surface area contributed by atoms with Gasteiger partial charge in [0.05, 0.1) is 5.92 Å². The van der Waals surface area contributed by atoms with Gasteiger partial charge in [0.2, 0.25) is 5.91 Å².